The molecule has 7 nitrogen and oxygen atoms in total. The minimum absolute atomic E-state index is 0. The van der Waals surface area contributed by atoms with Crippen molar-refractivity contribution in [3.05, 3.63) is 29.3 Å². The molecule has 0 bridgehead atoms. The first kappa shape index (κ1) is 22.7. The van der Waals surface area contributed by atoms with Crippen LogP contribution in [-0.4, -0.2) is 45.7 Å². The van der Waals surface area contributed by atoms with E-state index in [2.05, 4.69) is 20.9 Å². The quantitative estimate of drug-likeness (QED) is 0.302. The van der Waals surface area contributed by atoms with E-state index in [1.165, 1.54) is 6.26 Å². The lowest BCUT2D eigenvalue weighted by Crippen LogP contribution is -2.43. The van der Waals surface area contributed by atoms with Crippen LogP contribution in [-0.2, 0) is 21.2 Å². The van der Waals surface area contributed by atoms with Crippen molar-refractivity contribution in [2.75, 3.05) is 19.3 Å². The summed E-state index contributed by atoms with van der Waals surface area (Å²) in [5.74, 6) is 0.514. The van der Waals surface area contributed by atoms with Gasteiger partial charge in [0, 0.05) is 18.8 Å². The maximum absolute atomic E-state index is 11.7. The highest BCUT2D eigenvalue weighted by Crippen LogP contribution is 2.18. The van der Waals surface area contributed by atoms with Crippen LogP contribution in [0.3, 0.4) is 0 Å². The van der Waals surface area contributed by atoms with Crippen molar-refractivity contribution in [2.45, 2.75) is 44.2 Å². The number of nitrogens with one attached hydrogen (secondary N) is 3. The Bertz CT molecular complexity index is 761. The number of hydrogen-bond donors (Lipinski definition) is 3. The van der Waals surface area contributed by atoms with Crippen LogP contribution < -0.4 is 16.0 Å². The van der Waals surface area contributed by atoms with E-state index in [0.29, 0.717) is 35.5 Å². The van der Waals surface area contributed by atoms with Gasteiger partial charge in [0.2, 0.25) is 5.91 Å². The van der Waals surface area contributed by atoms with Gasteiger partial charge < -0.3 is 16.0 Å². The summed E-state index contributed by atoms with van der Waals surface area (Å²) < 4.78 is 23.3. The van der Waals surface area contributed by atoms with Crippen molar-refractivity contribution < 1.29 is 13.2 Å². The van der Waals surface area contributed by atoms with Gasteiger partial charge in [0.15, 0.2) is 15.8 Å². The minimum Gasteiger partial charge on any atom is -0.357 e. The van der Waals surface area contributed by atoms with E-state index in [9.17, 15) is 13.2 Å². The van der Waals surface area contributed by atoms with E-state index in [-0.39, 0.29) is 36.4 Å². The van der Waals surface area contributed by atoms with Gasteiger partial charge in [-0.1, -0.05) is 12.1 Å². The molecule has 9 heteroatoms. The highest BCUT2D eigenvalue weighted by atomic mass is 127. The smallest absolute Gasteiger partial charge is 0.239 e. The predicted octanol–water partition coefficient (Wildman–Crippen LogP) is 1.35. The number of rotatable bonds is 7. The molecule has 3 N–H and O–H groups in total. The number of amides is 1. The monoisotopic (exact) mass is 494 g/mol. The molecule has 1 aliphatic rings. The number of aryl methyl sites for hydroxylation is 1. The molecule has 146 valence electrons. The van der Waals surface area contributed by atoms with Gasteiger partial charge in [-0.3, -0.25) is 4.79 Å². The van der Waals surface area contributed by atoms with Crippen molar-refractivity contribution in [2.24, 2.45) is 4.99 Å². The summed E-state index contributed by atoms with van der Waals surface area (Å²) in [5, 5.41) is 9.01. The number of nitrogens with zero attached hydrogens (tertiary/aromatic N) is 1. The third kappa shape index (κ3) is 7.48. The SMILES string of the molecule is CCNC(=NCc1ccc(S(C)(=O)=O)c(C)c1)NCC(=O)NC1CC1.I. The van der Waals surface area contributed by atoms with E-state index < -0.39 is 9.84 Å². The van der Waals surface area contributed by atoms with Crippen molar-refractivity contribution >= 4 is 45.7 Å². The Morgan fingerprint density at radius 3 is 2.50 bits per heavy atom. The largest absolute Gasteiger partial charge is 0.357 e. The van der Waals surface area contributed by atoms with Crippen LogP contribution in [0.1, 0.15) is 30.9 Å². The summed E-state index contributed by atoms with van der Waals surface area (Å²) in [6.45, 7) is 4.97. The van der Waals surface area contributed by atoms with Crippen LogP contribution in [0.5, 0.6) is 0 Å². The Morgan fingerprint density at radius 1 is 1.27 bits per heavy atom. The number of benzene rings is 1. The van der Waals surface area contributed by atoms with E-state index in [0.717, 1.165) is 18.4 Å². The molecule has 0 aliphatic heterocycles. The van der Waals surface area contributed by atoms with Crippen LogP contribution >= 0.6 is 24.0 Å². The van der Waals surface area contributed by atoms with Gasteiger partial charge in [0.25, 0.3) is 0 Å². The second-order valence-electron chi connectivity index (χ2n) is 6.26. The number of aliphatic imine (C=N–C) groups is 1. The zero-order valence-corrected chi connectivity index (χ0v) is 18.5. The third-order valence-electron chi connectivity index (χ3n) is 3.76. The van der Waals surface area contributed by atoms with E-state index in [1.807, 2.05) is 13.0 Å². The molecule has 1 aliphatic carbocycles. The Morgan fingerprint density at radius 2 is 1.96 bits per heavy atom. The summed E-state index contributed by atoms with van der Waals surface area (Å²) in [4.78, 5) is 16.5. The van der Waals surface area contributed by atoms with E-state index in [4.69, 9.17) is 0 Å². The zero-order chi connectivity index (χ0) is 18.4. The molecule has 0 atom stereocenters. The number of hydrogen-bond acceptors (Lipinski definition) is 4. The first-order valence-corrected chi connectivity index (χ1v) is 10.3. The molecule has 1 aromatic carbocycles. The van der Waals surface area contributed by atoms with Gasteiger partial charge in [-0.05, 0) is 43.9 Å². The van der Waals surface area contributed by atoms with E-state index >= 15 is 0 Å². The summed E-state index contributed by atoms with van der Waals surface area (Å²) in [5.41, 5.74) is 1.61. The molecule has 2 rings (SSSR count). The Labute approximate surface area is 172 Å². The van der Waals surface area contributed by atoms with Crippen LogP contribution in [0.25, 0.3) is 0 Å². The number of sulfone groups is 1. The maximum Gasteiger partial charge on any atom is 0.239 e. The topological polar surface area (TPSA) is 99.7 Å². The zero-order valence-electron chi connectivity index (χ0n) is 15.3. The first-order valence-electron chi connectivity index (χ1n) is 8.40. The van der Waals surface area contributed by atoms with Gasteiger partial charge in [0.1, 0.15) is 0 Å². The fourth-order valence-electron chi connectivity index (χ4n) is 2.41. The van der Waals surface area contributed by atoms with E-state index in [1.54, 1.807) is 19.1 Å². The van der Waals surface area contributed by atoms with Crippen LogP contribution in [0.2, 0.25) is 0 Å². The van der Waals surface area contributed by atoms with Gasteiger partial charge in [0.05, 0.1) is 18.0 Å². The number of halogens is 1. The number of carbonyl (C=O) groups is 1. The maximum atomic E-state index is 11.7. The number of guanidine groups is 1. The molecule has 1 aromatic rings. The predicted molar refractivity (Wildman–Crippen MR) is 114 cm³/mol. The molecule has 0 aromatic heterocycles. The summed E-state index contributed by atoms with van der Waals surface area (Å²) in [7, 11) is -3.22. The van der Waals surface area contributed by atoms with Crippen LogP contribution in [0.15, 0.2) is 28.1 Å². The van der Waals surface area contributed by atoms with Gasteiger partial charge >= 0.3 is 0 Å². The van der Waals surface area contributed by atoms with Crippen LogP contribution in [0, 0.1) is 6.92 Å². The fourth-order valence-corrected chi connectivity index (χ4v) is 3.37. The Balaban J connectivity index is 0.00000338. The Kier molecular flexibility index (Phi) is 8.81. The highest BCUT2D eigenvalue weighted by Gasteiger charge is 2.22. The van der Waals surface area contributed by atoms with Gasteiger partial charge in [-0.2, -0.15) is 0 Å². The van der Waals surface area contributed by atoms with Gasteiger partial charge in [-0.25, -0.2) is 13.4 Å². The average molecular weight is 494 g/mol. The molecule has 0 spiro atoms. The second kappa shape index (κ2) is 10.1. The van der Waals surface area contributed by atoms with Crippen molar-refractivity contribution in [3.63, 3.8) is 0 Å². The lowest BCUT2D eigenvalue weighted by Gasteiger charge is -2.12. The highest BCUT2D eigenvalue weighted by molar-refractivity contribution is 14.0. The molecular formula is C17H27IN4O3S. The standard InChI is InChI=1S/C17H26N4O3S.HI/c1-4-18-17(20-11-16(22)21-14-6-7-14)19-10-13-5-8-15(12(2)9-13)25(3,23)24;/h5,8-9,14H,4,6-7,10-11H2,1-3H3,(H,21,22)(H2,18,19,20);1H. The second-order valence-corrected chi connectivity index (χ2v) is 8.25. The summed E-state index contributed by atoms with van der Waals surface area (Å²) >= 11 is 0. The molecule has 0 unspecified atom stereocenters. The fraction of sp³-hybridized carbons (Fsp3) is 0.529. The molecule has 0 radical (unpaired) electrons. The lowest BCUT2D eigenvalue weighted by molar-refractivity contribution is -0.120. The number of carbonyl (C=O) groups excluding carboxylic acids is 1. The van der Waals surface area contributed by atoms with Crippen molar-refractivity contribution in [1.29, 1.82) is 0 Å². The first-order chi connectivity index (χ1) is 11.8. The Hall–Kier alpha value is -1.36. The summed E-state index contributed by atoms with van der Waals surface area (Å²) in [6.07, 6.45) is 3.32. The molecule has 0 saturated heterocycles. The molecular weight excluding hydrogens is 467 g/mol. The average Bonchev–Trinajstić information content (AvgIpc) is 3.32. The van der Waals surface area contributed by atoms with Crippen molar-refractivity contribution in [3.8, 4) is 0 Å². The molecule has 1 amide bonds. The molecule has 26 heavy (non-hydrogen) atoms. The normalized spacial score (nSPS) is 14.3. The molecule has 1 fully saturated rings. The third-order valence-corrected chi connectivity index (χ3v) is 5.02. The van der Waals surface area contributed by atoms with Crippen molar-refractivity contribution in [1.82, 2.24) is 16.0 Å². The lowest BCUT2D eigenvalue weighted by atomic mass is 10.1. The molecule has 0 heterocycles. The van der Waals surface area contributed by atoms with Crippen LogP contribution in [0.4, 0.5) is 0 Å². The summed E-state index contributed by atoms with van der Waals surface area (Å²) in [6, 6.07) is 5.53. The van der Waals surface area contributed by atoms with Gasteiger partial charge in [-0.15, -0.1) is 24.0 Å². The minimum atomic E-state index is -3.22. The molecule has 1 saturated carbocycles.